The van der Waals surface area contributed by atoms with Crippen LogP contribution in [0.25, 0.3) is 0 Å². The predicted molar refractivity (Wildman–Crippen MR) is 54.3 cm³/mol. The Hall–Kier alpha value is -1.12. The minimum absolute atomic E-state index is 0.149. The van der Waals surface area contributed by atoms with E-state index in [2.05, 4.69) is 11.9 Å². The van der Waals surface area contributed by atoms with Crippen molar-refractivity contribution in [3.8, 4) is 0 Å². The van der Waals surface area contributed by atoms with E-state index in [-0.39, 0.29) is 5.96 Å². The van der Waals surface area contributed by atoms with E-state index in [4.69, 9.17) is 29.0 Å². The number of hydrogen-bond acceptors (Lipinski definition) is 3. The smallest absolute Gasteiger partial charge is 0.370 e. The molecule has 0 aromatic carbocycles. The van der Waals surface area contributed by atoms with Gasteiger partial charge in [-0.2, -0.15) is 8.42 Å². The second-order valence-corrected chi connectivity index (χ2v) is 2.99. The van der Waals surface area contributed by atoms with Crippen LogP contribution in [0, 0.1) is 0 Å². The van der Waals surface area contributed by atoms with Gasteiger partial charge in [0.15, 0.2) is 5.96 Å². The van der Waals surface area contributed by atoms with Gasteiger partial charge in [0, 0.05) is 0 Å². The zero-order chi connectivity index (χ0) is 11.6. The summed E-state index contributed by atoms with van der Waals surface area (Å²) in [6.45, 7) is 2.65. The Balaban J connectivity index is 0. The highest BCUT2D eigenvalue weighted by atomic mass is 32.3. The fourth-order valence-electron chi connectivity index (χ4n) is 0.399. The zero-order valence-electron chi connectivity index (χ0n) is 7.79. The molecule has 14 heavy (non-hydrogen) atoms. The summed E-state index contributed by atoms with van der Waals surface area (Å²) in [6.07, 6.45) is 4.98. The van der Waals surface area contributed by atoms with E-state index in [1.54, 1.807) is 0 Å². The number of nitrogens with two attached hydrogens (primary N) is 2. The molecule has 0 aromatic rings. The quantitative estimate of drug-likeness (QED) is 0.222. The third-order valence-electron chi connectivity index (χ3n) is 0.782. The molecule has 0 fully saturated rings. The maximum absolute atomic E-state index is 8.74. The molecule has 0 saturated carbocycles. The molecule has 0 aliphatic heterocycles. The number of aliphatic imine (C=N–C) groups is 1. The van der Waals surface area contributed by atoms with Gasteiger partial charge in [0.25, 0.3) is 0 Å². The number of allylic oxidation sites excluding steroid dienone is 1. The van der Waals surface area contributed by atoms with Gasteiger partial charge in [0.05, 0.1) is 6.54 Å². The molecule has 0 amide bonds. The van der Waals surface area contributed by atoms with Crippen molar-refractivity contribution < 1.29 is 17.5 Å². The monoisotopic (exact) mass is 225 g/mol. The van der Waals surface area contributed by atoms with Crippen LogP contribution in [0.2, 0.25) is 0 Å². The van der Waals surface area contributed by atoms with E-state index in [1.165, 1.54) is 0 Å². The Bertz CT molecular complexity index is 271. The van der Waals surface area contributed by atoms with E-state index in [1.807, 2.05) is 12.2 Å². The van der Waals surface area contributed by atoms with Gasteiger partial charge in [-0.15, -0.1) is 0 Å². The molecule has 0 saturated heterocycles. The predicted octanol–water partition coefficient (Wildman–Crippen LogP) is -0.427. The topological polar surface area (TPSA) is 139 Å². The Morgan fingerprint density at radius 1 is 1.36 bits per heavy atom. The van der Waals surface area contributed by atoms with Crippen LogP contribution in [0.1, 0.15) is 13.3 Å². The Morgan fingerprint density at radius 2 is 1.79 bits per heavy atom. The van der Waals surface area contributed by atoms with E-state index >= 15 is 0 Å². The lowest BCUT2D eigenvalue weighted by molar-refractivity contribution is 0.381. The van der Waals surface area contributed by atoms with Crippen LogP contribution >= 0.6 is 0 Å². The summed E-state index contributed by atoms with van der Waals surface area (Å²) < 4.78 is 31.6. The molecule has 6 N–H and O–H groups in total. The van der Waals surface area contributed by atoms with Gasteiger partial charge in [-0.25, -0.2) is 4.99 Å². The fourth-order valence-corrected chi connectivity index (χ4v) is 0.399. The first-order valence-corrected chi connectivity index (χ1v) is 5.07. The summed E-state index contributed by atoms with van der Waals surface area (Å²) in [4.78, 5) is 3.75. The maximum Gasteiger partial charge on any atom is 0.394 e. The fraction of sp³-hybridized carbons (Fsp3) is 0.500. The standard InChI is InChI=1S/C6H13N3.H2O4S/c1-2-3-4-5-9-6(7)8;1-5(2,3)4/h3-4H,2,5H2,1H3,(H4,7,8,9);(H2,1,2,3,4). The summed E-state index contributed by atoms with van der Waals surface area (Å²) >= 11 is 0. The maximum atomic E-state index is 8.74. The Morgan fingerprint density at radius 3 is 2.07 bits per heavy atom. The molecule has 0 aliphatic carbocycles. The summed E-state index contributed by atoms with van der Waals surface area (Å²) in [5.74, 6) is 0.149. The van der Waals surface area contributed by atoms with Crippen LogP contribution in [0.4, 0.5) is 0 Å². The van der Waals surface area contributed by atoms with Crippen molar-refractivity contribution in [1.82, 2.24) is 0 Å². The van der Waals surface area contributed by atoms with Gasteiger partial charge in [0.2, 0.25) is 0 Å². The zero-order valence-corrected chi connectivity index (χ0v) is 8.61. The third-order valence-corrected chi connectivity index (χ3v) is 0.782. The first kappa shape index (κ1) is 15.4. The first-order valence-electron chi connectivity index (χ1n) is 3.67. The summed E-state index contributed by atoms with van der Waals surface area (Å²) in [5.41, 5.74) is 10.1. The number of hydrogen-bond donors (Lipinski definition) is 4. The van der Waals surface area contributed by atoms with Crippen LogP contribution in [0.15, 0.2) is 17.1 Å². The van der Waals surface area contributed by atoms with Crippen molar-refractivity contribution in [2.24, 2.45) is 16.5 Å². The Labute approximate surface area is 83.1 Å². The summed E-state index contributed by atoms with van der Waals surface area (Å²) in [7, 11) is -4.67. The van der Waals surface area contributed by atoms with Gasteiger partial charge in [-0.05, 0) is 6.42 Å². The van der Waals surface area contributed by atoms with Gasteiger partial charge in [-0.3, -0.25) is 9.11 Å². The van der Waals surface area contributed by atoms with Crippen molar-refractivity contribution in [2.75, 3.05) is 6.54 Å². The number of guanidine groups is 1. The van der Waals surface area contributed by atoms with Crippen molar-refractivity contribution in [2.45, 2.75) is 13.3 Å². The molecule has 0 unspecified atom stereocenters. The minimum Gasteiger partial charge on any atom is -0.370 e. The first-order chi connectivity index (χ1) is 6.27. The van der Waals surface area contributed by atoms with E-state index < -0.39 is 10.4 Å². The molecule has 7 nitrogen and oxygen atoms in total. The van der Waals surface area contributed by atoms with Crippen molar-refractivity contribution in [3.63, 3.8) is 0 Å². The van der Waals surface area contributed by atoms with Crippen molar-refractivity contribution in [3.05, 3.63) is 12.2 Å². The van der Waals surface area contributed by atoms with Crippen LogP contribution in [-0.4, -0.2) is 30.0 Å². The molecular formula is C6H15N3O4S. The average molecular weight is 225 g/mol. The van der Waals surface area contributed by atoms with Crippen LogP contribution in [0.3, 0.4) is 0 Å². The van der Waals surface area contributed by atoms with Crippen LogP contribution in [0.5, 0.6) is 0 Å². The van der Waals surface area contributed by atoms with Crippen molar-refractivity contribution in [1.29, 1.82) is 0 Å². The molecule has 0 aliphatic rings. The molecule has 0 rings (SSSR count). The van der Waals surface area contributed by atoms with Gasteiger partial charge in [-0.1, -0.05) is 19.1 Å². The lowest BCUT2D eigenvalue weighted by Gasteiger charge is -1.85. The highest BCUT2D eigenvalue weighted by molar-refractivity contribution is 7.79. The van der Waals surface area contributed by atoms with Crippen molar-refractivity contribution >= 4 is 16.4 Å². The molecule has 0 bridgehead atoms. The second-order valence-electron chi connectivity index (χ2n) is 2.09. The molecule has 0 radical (unpaired) electrons. The highest BCUT2D eigenvalue weighted by Gasteiger charge is 1.84. The normalized spacial score (nSPS) is 10.5. The SMILES string of the molecule is CCC=CCN=C(N)N.O=S(=O)(O)O. The molecule has 0 atom stereocenters. The lowest BCUT2D eigenvalue weighted by atomic mass is 10.4. The van der Waals surface area contributed by atoms with E-state index in [0.29, 0.717) is 6.54 Å². The third kappa shape index (κ3) is 44.6. The number of nitrogens with zero attached hydrogens (tertiary/aromatic N) is 1. The molecule has 8 heteroatoms. The number of rotatable bonds is 3. The van der Waals surface area contributed by atoms with Crippen LogP contribution < -0.4 is 11.5 Å². The largest absolute Gasteiger partial charge is 0.394 e. The van der Waals surface area contributed by atoms with Gasteiger partial charge in [0.1, 0.15) is 0 Å². The van der Waals surface area contributed by atoms with Gasteiger partial charge >= 0.3 is 10.4 Å². The molecule has 84 valence electrons. The van der Waals surface area contributed by atoms with E-state index in [0.717, 1.165) is 6.42 Å². The minimum atomic E-state index is -4.67. The lowest BCUT2D eigenvalue weighted by Crippen LogP contribution is -2.22. The van der Waals surface area contributed by atoms with Crippen LogP contribution in [-0.2, 0) is 10.4 Å². The molecule has 0 heterocycles. The van der Waals surface area contributed by atoms with E-state index in [9.17, 15) is 0 Å². The summed E-state index contributed by atoms with van der Waals surface area (Å²) in [5, 5.41) is 0. The Kier molecular flexibility index (Phi) is 9.30. The highest BCUT2D eigenvalue weighted by Crippen LogP contribution is 1.78. The molecule has 0 aromatic heterocycles. The molecule has 0 spiro atoms. The summed E-state index contributed by atoms with van der Waals surface area (Å²) in [6, 6.07) is 0. The average Bonchev–Trinajstić information content (AvgIpc) is 1.94. The molecular weight excluding hydrogens is 210 g/mol. The second kappa shape index (κ2) is 8.48. The van der Waals surface area contributed by atoms with Gasteiger partial charge < -0.3 is 11.5 Å².